The number of Topliss-reactive ketones (excluding diaryl/α,β-unsaturated/α-hetero) is 1. The molecule has 22 heavy (non-hydrogen) atoms. The highest BCUT2D eigenvalue weighted by Crippen LogP contribution is 2.25. The first kappa shape index (κ1) is 16.5. The summed E-state index contributed by atoms with van der Waals surface area (Å²) in [5, 5.41) is 3.88. The summed E-state index contributed by atoms with van der Waals surface area (Å²) in [6.07, 6.45) is 6.64. The standard InChI is InChI=1S/C14H15ClN4O2S/c1-9(22-3)12(20)14(21)18(2)11-8-19(17-13(11)15)10-5-4-6-16-7-10/h4-9H,1-3H3. The zero-order valence-electron chi connectivity index (χ0n) is 12.4. The molecule has 1 atom stereocenters. The number of likely N-dealkylation sites (N-methyl/N-ethyl adjacent to an activating group) is 1. The maximum absolute atomic E-state index is 12.2. The molecule has 0 fully saturated rings. The van der Waals surface area contributed by atoms with Crippen molar-refractivity contribution in [3.63, 3.8) is 0 Å². The SMILES string of the molecule is CSC(C)C(=O)C(=O)N(C)c1cn(-c2cccnc2)nc1Cl. The lowest BCUT2D eigenvalue weighted by Crippen LogP contribution is -2.37. The summed E-state index contributed by atoms with van der Waals surface area (Å²) in [6.45, 7) is 1.69. The summed E-state index contributed by atoms with van der Waals surface area (Å²) in [4.78, 5) is 29.4. The number of rotatable bonds is 5. The molecule has 0 saturated carbocycles. The number of hydrogen-bond donors (Lipinski definition) is 0. The van der Waals surface area contributed by atoms with Gasteiger partial charge in [0.15, 0.2) is 5.15 Å². The number of thioether (sulfide) groups is 1. The summed E-state index contributed by atoms with van der Waals surface area (Å²) in [5.74, 6) is -1.09. The maximum Gasteiger partial charge on any atom is 0.295 e. The Bertz CT molecular complexity index is 689. The molecule has 6 nitrogen and oxygen atoms in total. The van der Waals surface area contributed by atoms with Gasteiger partial charge in [0.1, 0.15) is 5.69 Å². The molecule has 0 aromatic carbocycles. The Morgan fingerprint density at radius 1 is 1.45 bits per heavy atom. The summed E-state index contributed by atoms with van der Waals surface area (Å²) in [5.41, 5.74) is 1.08. The average molecular weight is 339 g/mol. The Morgan fingerprint density at radius 3 is 2.77 bits per heavy atom. The zero-order valence-corrected chi connectivity index (χ0v) is 13.9. The molecule has 0 N–H and O–H groups in total. The van der Waals surface area contributed by atoms with E-state index < -0.39 is 16.9 Å². The molecule has 8 heteroatoms. The van der Waals surface area contributed by atoms with E-state index in [4.69, 9.17) is 11.6 Å². The van der Waals surface area contributed by atoms with Crippen molar-refractivity contribution < 1.29 is 9.59 Å². The van der Waals surface area contributed by atoms with Gasteiger partial charge in [0, 0.05) is 13.2 Å². The van der Waals surface area contributed by atoms with Crippen molar-refractivity contribution in [2.24, 2.45) is 0 Å². The van der Waals surface area contributed by atoms with Gasteiger partial charge in [-0.25, -0.2) is 4.68 Å². The first-order valence-corrected chi connectivity index (χ1v) is 8.12. The smallest absolute Gasteiger partial charge is 0.295 e. The Balaban J connectivity index is 2.28. The van der Waals surface area contributed by atoms with Gasteiger partial charge in [-0.05, 0) is 25.3 Å². The van der Waals surface area contributed by atoms with Crippen LogP contribution in [0.5, 0.6) is 0 Å². The Morgan fingerprint density at radius 2 is 2.18 bits per heavy atom. The monoisotopic (exact) mass is 338 g/mol. The van der Waals surface area contributed by atoms with Crippen LogP contribution < -0.4 is 4.90 Å². The fourth-order valence-corrected chi connectivity index (χ4v) is 2.32. The lowest BCUT2D eigenvalue weighted by molar-refractivity contribution is -0.135. The third kappa shape index (κ3) is 3.31. The number of ketones is 1. The Hall–Kier alpha value is -1.86. The molecule has 2 heterocycles. The molecule has 0 saturated heterocycles. The molecular formula is C14H15ClN4O2S. The van der Waals surface area contributed by atoms with Gasteiger partial charge in [0.25, 0.3) is 5.91 Å². The number of carbonyl (C=O) groups is 2. The molecule has 2 aromatic heterocycles. The van der Waals surface area contributed by atoms with Crippen LogP contribution in [0.15, 0.2) is 30.7 Å². The molecule has 0 aliphatic heterocycles. The van der Waals surface area contributed by atoms with Gasteiger partial charge in [0.05, 0.1) is 23.3 Å². The first-order valence-electron chi connectivity index (χ1n) is 6.46. The second-order valence-electron chi connectivity index (χ2n) is 4.57. The topological polar surface area (TPSA) is 68.1 Å². The molecular weight excluding hydrogens is 324 g/mol. The zero-order chi connectivity index (χ0) is 16.3. The van der Waals surface area contributed by atoms with Crippen LogP contribution in [-0.4, -0.2) is 45.0 Å². The minimum absolute atomic E-state index is 0.143. The van der Waals surface area contributed by atoms with E-state index in [1.54, 1.807) is 37.8 Å². The van der Waals surface area contributed by atoms with Crippen LogP contribution in [0.2, 0.25) is 5.15 Å². The van der Waals surface area contributed by atoms with E-state index in [2.05, 4.69) is 10.1 Å². The predicted octanol–water partition coefficient (Wildman–Crippen LogP) is 2.20. The molecule has 116 valence electrons. The van der Waals surface area contributed by atoms with Crippen molar-refractivity contribution in [1.29, 1.82) is 0 Å². The Labute approximate surface area is 137 Å². The average Bonchev–Trinajstić information content (AvgIpc) is 2.94. The summed E-state index contributed by atoms with van der Waals surface area (Å²) < 4.78 is 1.51. The molecule has 2 rings (SSSR count). The lowest BCUT2D eigenvalue weighted by atomic mass is 10.2. The van der Waals surface area contributed by atoms with E-state index in [9.17, 15) is 9.59 Å². The number of amides is 1. The highest BCUT2D eigenvalue weighted by molar-refractivity contribution is 8.00. The number of anilines is 1. The first-order chi connectivity index (χ1) is 10.5. The summed E-state index contributed by atoms with van der Waals surface area (Å²) >= 11 is 7.41. The quantitative estimate of drug-likeness (QED) is 0.782. The van der Waals surface area contributed by atoms with Gasteiger partial charge < -0.3 is 4.90 Å². The molecule has 0 spiro atoms. The number of nitrogens with zero attached hydrogens (tertiary/aromatic N) is 4. The second-order valence-corrected chi connectivity index (χ2v) is 6.10. The van der Waals surface area contributed by atoms with Crippen LogP contribution in [0, 0.1) is 0 Å². The van der Waals surface area contributed by atoms with Gasteiger partial charge in [-0.2, -0.15) is 16.9 Å². The van der Waals surface area contributed by atoms with Crippen molar-refractivity contribution >= 4 is 40.7 Å². The molecule has 0 bridgehead atoms. The van der Waals surface area contributed by atoms with Gasteiger partial charge in [-0.15, -0.1) is 0 Å². The molecule has 1 unspecified atom stereocenters. The number of pyridine rings is 1. The van der Waals surface area contributed by atoms with Gasteiger partial charge in [-0.1, -0.05) is 11.6 Å². The van der Waals surface area contributed by atoms with E-state index >= 15 is 0 Å². The van der Waals surface area contributed by atoms with E-state index in [0.717, 1.165) is 0 Å². The normalized spacial score (nSPS) is 12.0. The largest absolute Gasteiger partial charge is 0.305 e. The predicted molar refractivity (Wildman–Crippen MR) is 87.8 cm³/mol. The minimum atomic E-state index is -0.616. The van der Waals surface area contributed by atoms with Crippen LogP contribution >= 0.6 is 23.4 Å². The Kier molecular flexibility index (Phi) is 5.20. The molecule has 0 aliphatic carbocycles. The highest BCUT2D eigenvalue weighted by Gasteiger charge is 2.27. The van der Waals surface area contributed by atoms with Crippen LogP contribution in [-0.2, 0) is 9.59 Å². The number of halogens is 1. The highest BCUT2D eigenvalue weighted by atomic mass is 35.5. The van der Waals surface area contributed by atoms with E-state index in [1.807, 2.05) is 6.07 Å². The van der Waals surface area contributed by atoms with Crippen molar-refractivity contribution in [2.45, 2.75) is 12.2 Å². The van der Waals surface area contributed by atoms with Crippen LogP contribution in [0.1, 0.15) is 6.92 Å². The fraction of sp³-hybridized carbons (Fsp3) is 0.286. The molecule has 2 aromatic rings. The fourth-order valence-electron chi connectivity index (χ4n) is 1.75. The number of hydrogen-bond acceptors (Lipinski definition) is 5. The van der Waals surface area contributed by atoms with Crippen LogP contribution in [0.25, 0.3) is 5.69 Å². The van der Waals surface area contributed by atoms with Gasteiger partial charge >= 0.3 is 0 Å². The summed E-state index contributed by atoms with van der Waals surface area (Å²) in [7, 11) is 1.50. The lowest BCUT2D eigenvalue weighted by Gasteiger charge is -2.16. The second kappa shape index (κ2) is 6.93. The maximum atomic E-state index is 12.2. The molecule has 1 amide bonds. The van der Waals surface area contributed by atoms with Gasteiger partial charge in [0.2, 0.25) is 5.78 Å². The van der Waals surface area contributed by atoms with Crippen molar-refractivity contribution in [3.05, 3.63) is 35.9 Å². The number of carbonyl (C=O) groups excluding carboxylic acids is 2. The van der Waals surface area contributed by atoms with Gasteiger partial charge in [-0.3, -0.25) is 14.6 Å². The third-order valence-corrected chi connectivity index (χ3v) is 4.35. The molecule has 0 aliphatic rings. The van der Waals surface area contributed by atoms with Crippen molar-refractivity contribution in [1.82, 2.24) is 14.8 Å². The van der Waals surface area contributed by atoms with E-state index in [1.165, 1.54) is 28.4 Å². The third-order valence-electron chi connectivity index (χ3n) is 3.16. The van der Waals surface area contributed by atoms with Crippen molar-refractivity contribution in [2.75, 3.05) is 18.2 Å². The molecule has 0 radical (unpaired) electrons. The van der Waals surface area contributed by atoms with Crippen LogP contribution in [0.3, 0.4) is 0 Å². The van der Waals surface area contributed by atoms with E-state index in [0.29, 0.717) is 11.4 Å². The minimum Gasteiger partial charge on any atom is -0.305 e. The number of aromatic nitrogens is 3. The summed E-state index contributed by atoms with van der Waals surface area (Å²) in [6, 6.07) is 3.58. The van der Waals surface area contributed by atoms with E-state index in [-0.39, 0.29) is 5.15 Å². The van der Waals surface area contributed by atoms with Crippen molar-refractivity contribution in [3.8, 4) is 5.69 Å². The van der Waals surface area contributed by atoms with Crippen LogP contribution in [0.4, 0.5) is 5.69 Å².